The van der Waals surface area contributed by atoms with Crippen LogP contribution in [0.25, 0.3) is 10.9 Å². The molecule has 0 fully saturated rings. The van der Waals surface area contributed by atoms with Gasteiger partial charge in [-0.1, -0.05) is 24.3 Å². The first kappa shape index (κ1) is 20.7. The molecule has 3 aromatic rings. The SMILES string of the molecule is COc1cccc(/C=N/NC(=O)CSc2cc(C)nc3c(C)cccc23)c1OC. The highest BCUT2D eigenvalue weighted by atomic mass is 32.2. The quantitative estimate of drug-likeness (QED) is 0.361. The molecule has 0 bridgehead atoms. The second-order valence-corrected chi connectivity index (χ2v) is 7.41. The molecule has 0 unspecified atom stereocenters. The van der Waals surface area contributed by atoms with Crippen LogP contribution in [0.15, 0.2) is 52.5 Å². The van der Waals surface area contributed by atoms with Crippen molar-refractivity contribution in [2.24, 2.45) is 5.10 Å². The zero-order valence-corrected chi connectivity index (χ0v) is 17.7. The summed E-state index contributed by atoms with van der Waals surface area (Å²) in [5.41, 5.74) is 6.30. The van der Waals surface area contributed by atoms with Crippen molar-refractivity contribution in [1.82, 2.24) is 10.4 Å². The molecule has 6 nitrogen and oxygen atoms in total. The van der Waals surface area contributed by atoms with Crippen molar-refractivity contribution in [3.05, 3.63) is 59.3 Å². The smallest absolute Gasteiger partial charge is 0.250 e. The lowest BCUT2D eigenvalue weighted by Crippen LogP contribution is -2.19. The lowest BCUT2D eigenvalue weighted by molar-refractivity contribution is -0.118. The number of nitrogens with zero attached hydrogens (tertiary/aromatic N) is 2. The number of hydrogen-bond donors (Lipinski definition) is 1. The molecule has 0 aliphatic carbocycles. The maximum atomic E-state index is 12.3. The van der Waals surface area contributed by atoms with Gasteiger partial charge in [0, 0.05) is 21.5 Å². The highest BCUT2D eigenvalue weighted by Gasteiger charge is 2.10. The molecule has 2 aromatic carbocycles. The zero-order chi connectivity index (χ0) is 20.8. The molecule has 1 amide bonds. The zero-order valence-electron chi connectivity index (χ0n) is 16.9. The monoisotopic (exact) mass is 409 g/mol. The van der Waals surface area contributed by atoms with Crippen LogP contribution >= 0.6 is 11.8 Å². The molecule has 1 aromatic heterocycles. The summed E-state index contributed by atoms with van der Waals surface area (Å²) in [5.74, 6) is 1.23. The number of ether oxygens (including phenoxy) is 2. The van der Waals surface area contributed by atoms with E-state index in [4.69, 9.17) is 9.47 Å². The third kappa shape index (κ3) is 4.86. The van der Waals surface area contributed by atoms with Gasteiger partial charge in [-0.3, -0.25) is 9.78 Å². The van der Waals surface area contributed by atoms with E-state index in [1.54, 1.807) is 26.5 Å². The average Bonchev–Trinajstić information content (AvgIpc) is 2.72. The number of benzene rings is 2. The summed E-state index contributed by atoms with van der Waals surface area (Å²) in [4.78, 5) is 17.9. The highest BCUT2D eigenvalue weighted by molar-refractivity contribution is 8.00. The van der Waals surface area contributed by atoms with Crippen LogP contribution in [0.2, 0.25) is 0 Å². The molecule has 0 spiro atoms. The van der Waals surface area contributed by atoms with E-state index in [-0.39, 0.29) is 11.7 Å². The lowest BCUT2D eigenvalue weighted by Gasteiger charge is -2.10. The van der Waals surface area contributed by atoms with Crippen LogP contribution in [0.5, 0.6) is 11.5 Å². The topological polar surface area (TPSA) is 72.8 Å². The molecule has 3 rings (SSSR count). The van der Waals surface area contributed by atoms with Crippen LogP contribution in [-0.2, 0) is 4.79 Å². The van der Waals surface area contributed by atoms with Crippen molar-refractivity contribution in [2.75, 3.05) is 20.0 Å². The number of methoxy groups -OCH3 is 2. The van der Waals surface area contributed by atoms with Crippen molar-refractivity contribution in [2.45, 2.75) is 18.7 Å². The van der Waals surface area contributed by atoms with Crippen LogP contribution in [-0.4, -0.2) is 37.1 Å². The van der Waals surface area contributed by atoms with E-state index >= 15 is 0 Å². The van der Waals surface area contributed by atoms with Gasteiger partial charge in [0.25, 0.3) is 0 Å². The van der Waals surface area contributed by atoms with E-state index in [9.17, 15) is 4.79 Å². The standard InChI is InChI=1S/C22H23N3O3S/c1-14-7-5-9-17-19(11-15(2)24-21(14)17)29-13-20(26)25-23-12-16-8-6-10-18(27-3)22(16)28-4/h5-12H,13H2,1-4H3,(H,25,26)/b23-12+. The number of carbonyl (C=O) groups excluding carboxylic acids is 1. The fraction of sp³-hybridized carbons (Fsp3) is 0.227. The molecule has 7 heteroatoms. The van der Waals surface area contributed by atoms with Crippen LogP contribution in [0.1, 0.15) is 16.8 Å². The molecule has 150 valence electrons. The van der Waals surface area contributed by atoms with E-state index in [2.05, 4.69) is 15.5 Å². The maximum Gasteiger partial charge on any atom is 0.250 e. The summed E-state index contributed by atoms with van der Waals surface area (Å²) < 4.78 is 10.6. The predicted octanol–water partition coefficient (Wildman–Crippen LogP) is 4.11. The Labute approximate surface area is 174 Å². The Hall–Kier alpha value is -3.06. The Morgan fingerprint density at radius 3 is 2.72 bits per heavy atom. The molecule has 1 heterocycles. The van der Waals surface area contributed by atoms with E-state index in [1.165, 1.54) is 11.8 Å². The molecule has 0 radical (unpaired) electrons. The van der Waals surface area contributed by atoms with E-state index < -0.39 is 0 Å². The number of para-hydroxylation sites is 2. The average molecular weight is 410 g/mol. The molecule has 0 saturated carbocycles. The normalized spacial score (nSPS) is 11.0. The molecule has 0 aliphatic heterocycles. The van der Waals surface area contributed by atoms with Gasteiger partial charge in [0.05, 0.1) is 31.7 Å². The fourth-order valence-corrected chi connectivity index (χ4v) is 3.89. The van der Waals surface area contributed by atoms with Gasteiger partial charge in [0.15, 0.2) is 11.5 Å². The minimum atomic E-state index is -0.191. The van der Waals surface area contributed by atoms with Crippen LogP contribution in [0.3, 0.4) is 0 Å². The van der Waals surface area contributed by atoms with Gasteiger partial charge >= 0.3 is 0 Å². The predicted molar refractivity (Wildman–Crippen MR) is 117 cm³/mol. The molecular weight excluding hydrogens is 386 g/mol. The number of pyridine rings is 1. The fourth-order valence-electron chi connectivity index (χ4n) is 2.96. The first-order valence-electron chi connectivity index (χ1n) is 9.06. The van der Waals surface area contributed by atoms with Gasteiger partial charge in [-0.25, -0.2) is 5.43 Å². The molecular formula is C22H23N3O3S. The van der Waals surface area contributed by atoms with E-state index in [1.807, 2.05) is 50.2 Å². The molecule has 29 heavy (non-hydrogen) atoms. The van der Waals surface area contributed by atoms with Crippen LogP contribution in [0.4, 0.5) is 0 Å². The van der Waals surface area contributed by atoms with Crippen molar-refractivity contribution in [1.29, 1.82) is 0 Å². The second-order valence-electron chi connectivity index (χ2n) is 6.40. The summed E-state index contributed by atoms with van der Waals surface area (Å²) in [6.45, 7) is 4.00. The number of rotatable bonds is 7. The molecule has 0 saturated heterocycles. The highest BCUT2D eigenvalue weighted by Crippen LogP contribution is 2.30. The number of hydrogen-bond acceptors (Lipinski definition) is 6. The Balaban J connectivity index is 1.67. The third-order valence-electron chi connectivity index (χ3n) is 4.32. The van der Waals surface area contributed by atoms with Gasteiger partial charge in [-0.2, -0.15) is 5.10 Å². The molecule has 0 aliphatic rings. The second kappa shape index (κ2) is 9.43. The summed E-state index contributed by atoms with van der Waals surface area (Å²) in [5, 5.41) is 5.10. The molecule has 1 N–H and O–H groups in total. The van der Waals surface area contributed by atoms with Crippen molar-refractivity contribution in [3.63, 3.8) is 0 Å². The number of aryl methyl sites for hydroxylation is 2. The lowest BCUT2D eigenvalue weighted by atomic mass is 10.1. The van der Waals surface area contributed by atoms with Crippen molar-refractivity contribution >= 4 is 34.8 Å². The largest absolute Gasteiger partial charge is 0.493 e. The summed E-state index contributed by atoms with van der Waals surface area (Å²) in [6, 6.07) is 13.5. The van der Waals surface area contributed by atoms with Crippen LogP contribution < -0.4 is 14.9 Å². The minimum Gasteiger partial charge on any atom is -0.493 e. The number of amides is 1. The van der Waals surface area contributed by atoms with Crippen molar-refractivity contribution < 1.29 is 14.3 Å². The Bertz CT molecular complexity index is 1070. The van der Waals surface area contributed by atoms with E-state index in [0.717, 1.165) is 27.1 Å². The van der Waals surface area contributed by atoms with Gasteiger partial charge in [0.1, 0.15) is 0 Å². The Morgan fingerprint density at radius 2 is 1.97 bits per heavy atom. The first-order chi connectivity index (χ1) is 14.0. The van der Waals surface area contributed by atoms with Crippen molar-refractivity contribution in [3.8, 4) is 11.5 Å². The summed E-state index contributed by atoms with van der Waals surface area (Å²) in [7, 11) is 3.14. The molecule has 0 atom stereocenters. The van der Waals surface area contributed by atoms with Gasteiger partial charge in [-0.15, -0.1) is 11.8 Å². The summed E-state index contributed by atoms with van der Waals surface area (Å²) in [6.07, 6.45) is 1.54. The maximum absolute atomic E-state index is 12.3. The first-order valence-corrected chi connectivity index (χ1v) is 10.0. The van der Waals surface area contributed by atoms with Crippen LogP contribution in [0, 0.1) is 13.8 Å². The minimum absolute atomic E-state index is 0.191. The van der Waals surface area contributed by atoms with Gasteiger partial charge in [0.2, 0.25) is 5.91 Å². The third-order valence-corrected chi connectivity index (χ3v) is 5.37. The number of carbonyl (C=O) groups is 1. The number of nitrogens with one attached hydrogen (secondary N) is 1. The van der Waals surface area contributed by atoms with Gasteiger partial charge in [-0.05, 0) is 37.6 Å². The Morgan fingerprint density at radius 1 is 1.17 bits per heavy atom. The number of aromatic nitrogens is 1. The van der Waals surface area contributed by atoms with Gasteiger partial charge < -0.3 is 9.47 Å². The number of hydrazone groups is 1. The summed E-state index contributed by atoms with van der Waals surface area (Å²) >= 11 is 1.47. The number of thioether (sulfide) groups is 1. The van der Waals surface area contributed by atoms with E-state index in [0.29, 0.717) is 17.1 Å². The number of fused-ring (bicyclic) bond motifs is 1. The Kier molecular flexibility index (Phi) is 6.72.